The third-order valence-electron chi connectivity index (χ3n) is 5.68. The number of rotatable bonds is 6. The van der Waals surface area contributed by atoms with Crippen LogP contribution in [0.2, 0.25) is 0 Å². The number of nitrogens with zero attached hydrogens (tertiary/aromatic N) is 5. The van der Waals surface area contributed by atoms with Crippen molar-refractivity contribution in [2.45, 2.75) is 26.8 Å². The molecule has 0 fully saturated rings. The number of pyridine rings is 1. The number of imidazole rings is 1. The van der Waals surface area contributed by atoms with Crippen LogP contribution in [0.4, 0.5) is 0 Å². The number of hydrogen-bond acceptors (Lipinski definition) is 5. The third kappa shape index (κ3) is 4.10. The fraction of sp³-hybridized carbons (Fsp3) is 0.192. The van der Waals surface area contributed by atoms with Gasteiger partial charge >= 0.3 is 0 Å². The first-order valence-electron chi connectivity index (χ1n) is 10.9. The Morgan fingerprint density at radius 3 is 2.64 bits per heavy atom. The van der Waals surface area contributed by atoms with Gasteiger partial charge in [-0.2, -0.15) is 5.10 Å². The van der Waals surface area contributed by atoms with Crippen LogP contribution in [0.3, 0.4) is 0 Å². The molecule has 0 bridgehead atoms. The van der Waals surface area contributed by atoms with E-state index >= 15 is 0 Å². The van der Waals surface area contributed by atoms with Crippen LogP contribution in [0, 0.1) is 13.8 Å². The molecule has 33 heavy (non-hydrogen) atoms. The Morgan fingerprint density at radius 2 is 1.88 bits per heavy atom. The van der Waals surface area contributed by atoms with Gasteiger partial charge in [-0.05, 0) is 60.4 Å². The predicted molar refractivity (Wildman–Crippen MR) is 129 cm³/mol. The zero-order chi connectivity index (χ0) is 22.9. The molecule has 0 amide bonds. The summed E-state index contributed by atoms with van der Waals surface area (Å²) < 4.78 is 9.49. The van der Waals surface area contributed by atoms with Crippen LogP contribution in [0.1, 0.15) is 28.2 Å². The van der Waals surface area contributed by atoms with Gasteiger partial charge in [-0.25, -0.2) is 14.5 Å². The van der Waals surface area contributed by atoms with Gasteiger partial charge in [-0.3, -0.25) is 0 Å². The summed E-state index contributed by atoms with van der Waals surface area (Å²) in [5, 5.41) is 4.76. The van der Waals surface area contributed by atoms with E-state index in [9.17, 15) is 0 Å². The highest BCUT2D eigenvalue weighted by atomic mass is 16.5. The van der Waals surface area contributed by atoms with E-state index in [1.165, 1.54) is 0 Å². The molecule has 3 heterocycles. The average Bonchev–Trinajstić information content (AvgIpc) is 3.43. The van der Waals surface area contributed by atoms with E-state index in [1.807, 2.05) is 52.7 Å². The van der Waals surface area contributed by atoms with Crippen LogP contribution < -0.4 is 10.5 Å². The second-order valence-corrected chi connectivity index (χ2v) is 8.24. The highest BCUT2D eigenvalue weighted by Gasteiger charge is 2.14. The first-order chi connectivity index (χ1) is 16.0. The lowest BCUT2D eigenvalue weighted by molar-refractivity contribution is 0.412. The van der Waals surface area contributed by atoms with E-state index in [0.29, 0.717) is 13.0 Å². The van der Waals surface area contributed by atoms with Gasteiger partial charge in [0.1, 0.15) is 5.75 Å². The highest BCUT2D eigenvalue weighted by Crippen LogP contribution is 2.28. The lowest BCUT2D eigenvalue weighted by Crippen LogP contribution is -1.98. The number of benzene rings is 2. The van der Waals surface area contributed by atoms with E-state index in [-0.39, 0.29) is 0 Å². The van der Waals surface area contributed by atoms with Gasteiger partial charge in [0.2, 0.25) is 0 Å². The molecule has 2 aromatic carbocycles. The monoisotopic (exact) mass is 438 g/mol. The van der Waals surface area contributed by atoms with E-state index in [0.717, 1.165) is 56.4 Å². The molecule has 0 aliphatic heterocycles. The van der Waals surface area contributed by atoms with Gasteiger partial charge in [0.25, 0.3) is 0 Å². The molecule has 5 rings (SSSR count). The summed E-state index contributed by atoms with van der Waals surface area (Å²) in [5.74, 6) is 1.54. The van der Waals surface area contributed by atoms with E-state index in [2.05, 4.69) is 36.2 Å². The Morgan fingerprint density at radius 1 is 1.00 bits per heavy atom. The molecular formula is C26H26N6O. The van der Waals surface area contributed by atoms with Crippen molar-refractivity contribution >= 4 is 5.65 Å². The summed E-state index contributed by atoms with van der Waals surface area (Å²) >= 11 is 0. The average molecular weight is 439 g/mol. The van der Waals surface area contributed by atoms with Crippen LogP contribution in [-0.2, 0) is 13.0 Å². The number of methoxy groups -OCH3 is 1. The normalized spacial score (nSPS) is 11.3. The molecule has 0 unspecified atom stereocenters. The topological polar surface area (TPSA) is 83.3 Å². The minimum absolute atomic E-state index is 0.504. The smallest absolute Gasteiger partial charge is 0.163 e. The maximum Gasteiger partial charge on any atom is 0.163 e. The van der Waals surface area contributed by atoms with Gasteiger partial charge < -0.3 is 15.0 Å². The number of ether oxygens (including phenoxy) is 1. The van der Waals surface area contributed by atoms with Crippen molar-refractivity contribution in [2.75, 3.05) is 7.11 Å². The number of aryl methyl sites for hydroxylation is 2. The van der Waals surface area contributed by atoms with Crippen molar-refractivity contribution in [3.8, 4) is 22.6 Å². The maximum absolute atomic E-state index is 5.85. The summed E-state index contributed by atoms with van der Waals surface area (Å²) in [6.07, 6.45) is 6.38. The number of hydrogen-bond donors (Lipinski definition) is 1. The van der Waals surface area contributed by atoms with Gasteiger partial charge in [-0.15, -0.1) is 0 Å². The summed E-state index contributed by atoms with van der Waals surface area (Å²) in [4.78, 5) is 9.20. The highest BCUT2D eigenvalue weighted by molar-refractivity contribution is 5.78. The number of aromatic nitrogens is 5. The Balaban J connectivity index is 1.51. The lowest BCUT2D eigenvalue weighted by atomic mass is 10.0. The zero-order valence-corrected chi connectivity index (χ0v) is 19.0. The van der Waals surface area contributed by atoms with Crippen LogP contribution in [0.25, 0.3) is 22.5 Å². The molecule has 7 nitrogen and oxygen atoms in total. The predicted octanol–water partition coefficient (Wildman–Crippen LogP) is 4.26. The minimum atomic E-state index is 0.504. The molecular weight excluding hydrogens is 412 g/mol. The summed E-state index contributed by atoms with van der Waals surface area (Å²) in [7, 11) is 1.68. The summed E-state index contributed by atoms with van der Waals surface area (Å²) in [5.41, 5.74) is 14.0. The molecule has 0 spiro atoms. The van der Waals surface area contributed by atoms with Crippen LogP contribution in [0.15, 0.2) is 67.3 Å². The van der Waals surface area contributed by atoms with Crippen molar-refractivity contribution in [2.24, 2.45) is 5.73 Å². The molecule has 3 aromatic heterocycles. The lowest BCUT2D eigenvalue weighted by Gasteiger charge is -2.10. The van der Waals surface area contributed by atoms with Crippen molar-refractivity contribution < 1.29 is 4.74 Å². The van der Waals surface area contributed by atoms with Gasteiger partial charge in [-0.1, -0.05) is 24.3 Å². The van der Waals surface area contributed by atoms with E-state index in [4.69, 9.17) is 20.6 Å². The Labute approximate surface area is 192 Å². The molecule has 0 saturated heterocycles. The van der Waals surface area contributed by atoms with Gasteiger partial charge in [0.15, 0.2) is 11.5 Å². The van der Waals surface area contributed by atoms with Gasteiger partial charge in [0, 0.05) is 30.9 Å². The van der Waals surface area contributed by atoms with E-state index in [1.54, 1.807) is 13.4 Å². The fourth-order valence-corrected chi connectivity index (χ4v) is 4.10. The van der Waals surface area contributed by atoms with Crippen LogP contribution in [-0.4, -0.2) is 31.3 Å². The second-order valence-electron chi connectivity index (χ2n) is 8.24. The largest absolute Gasteiger partial charge is 0.495 e. The fourth-order valence-electron chi connectivity index (χ4n) is 4.10. The summed E-state index contributed by atoms with van der Waals surface area (Å²) in [6.45, 7) is 4.54. The van der Waals surface area contributed by atoms with Crippen LogP contribution in [0.5, 0.6) is 5.75 Å². The minimum Gasteiger partial charge on any atom is -0.495 e. The third-order valence-corrected chi connectivity index (χ3v) is 5.68. The van der Waals surface area contributed by atoms with Crippen molar-refractivity contribution in [1.82, 2.24) is 24.1 Å². The Kier molecular flexibility index (Phi) is 5.40. The molecule has 5 aromatic rings. The quantitative estimate of drug-likeness (QED) is 0.428. The molecule has 7 heteroatoms. The number of nitrogens with two attached hydrogens (primary N) is 1. The molecule has 0 aliphatic carbocycles. The molecule has 0 aliphatic rings. The Hall–Kier alpha value is -3.97. The SMILES string of the molecule is COc1cc(Cc2nc3c(-c4cccc(CN)c4)cc(C)cn3n2)ccc1-n1cnc(C)c1. The molecule has 0 atom stereocenters. The number of fused-ring (bicyclic) bond motifs is 1. The zero-order valence-electron chi connectivity index (χ0n) is 19.0. The standard InChI is InChI=1S/C26H26N6O/c1-17-9-22(21-6-4-5-20(10-21)13-27)26-29-25(30-32(26)14-17)12-19-7-8-23(24(11-19)33-3)31-15-18(2)28-16-31/h4-11,14-16H,12-13,27H2,1-3H3. The first-order valence-corrected chi connectivity index (χ1v) is 10.9. The molecule has 166 valence electrons. The maximum atomic E-state index is 5.85. The molecule has 0 radical (unpaired) electrons. The van der Waals surface area contributed by atoms with E-state index < -0.39 is 0 Å². The van der Waals surface area contributed by atoms with Crippen molar-refractivity contribution in [3.05, 3.63) is 95.5 Å². The first kappa shape index (κ1) is 20.9. The molecule has 2 N–H and O–H groups in total. The van der Waals surface area contributed by atoms with Crippen LogP contribution >= 0.6 is 0 Å². The Bertz CT molecular complexity index is 1450. The molecule has 0 saturated carbocycles. The van der Waals surface area contributed by atoms with Crippen molar-refractivity contribution in [1.29, 1.82) is 0 Å². The summed E-state index contributed by atoms with van der Waals surface area (Å²) in [6, 6.07) is 16.6. The second kappa shape index (κ2) is 8.52. The van der Waals surface area contributed by atoms with Gasteiger partial charge in [0.05, 0.1) is 24.8 Å². The van der Waals surface area contributed by atoms with Crippen molar-refractivity contribution in [3.63, 3.8) is 0 Å².